The van der Waals surface area contributed by atoms with E-state index in [1.54, 1.807) is 0 Å². The van der Waals surface area contributed by atoms with Gasteiger partial charge >= 0.3 is 0 Å². The second-order valence-corrected chi connectivity index (χ2v) is 4.20. The van der Waals surface area contributed by atoms with Crippen LogP contribution >= 0.6 is 0 Å². The molecule has 92 valence electrons. The lowest BCUT2D eigenvalue weighted by Crippen LogP contribution is -2.52. The number of rotatable bonds is 3. The molecule has 0 spiro atoms. The maximum absolute atomic E-state index is 11.0. The fourth-order valence-corrected chi connectivity index (χ4v) is 2.16. The third-order valence-electron chi connectivity index (χ3n) is 2.83. The van der Waals surface area contributed by atoms with Crippen molar-refractivity contribution in [1.29, 1.82) is 0 Å². The van der Waals surface area contributed by atoms with Crippen LogP contribution in [0.15, 0.2) is 0 Å². The average molecular weight is 230 g/mol. The molecule has 0 saturated heterocycles. The molecule has 0 aromatic rings. The summed E-state index contributed by atoms with van der Waals surface area (Å²) >= 11 is 0. The second-order valence-electron chi connectivity index (χ2n) is 4.20. The highest BCUT2D eigenvalue weighted by atomic mass is 16.3. The number of aliphatic hydroxyl groups excluding tert-OH is 2. The van der Waals surface area contributed by atoms with Crippen LogP contribution in [0.4, 0.5) is 0 Å². The van der Waals surface area contributed by atoms with E-state index in [2.05, 4.69) is 10.6 Å². The van der Waals surface area contributed by atoms with Crippen molar-refractivity contribution in [3.05, 3.63) is 0 Å². The van der Waals surface area contributed by atoms with Gasteiger partial charge in [0.05, 0.1) is 18.2 Å². The first-order valence-corrected chi connectivity index (χ1v) is 5.28. The molecule has 6 heteroatoms. The summed E-state index contributed by atoms with van der Waals surface area (Å²) in [6.45, 7) is 2.57. The van der Waals surface area contributed by atoms with Gasteiger partial charge in [-0.05, 0) is 6.42 Å². The first-order valence-electron chi connectivity index (χ1n) is 5.28. The van der Waals surface area contributed by atoms with E-state index in [-0.39, 0.29) is 30.4 Å². The molecule has 1 fully saturated rings. The van der Waals surface area contributed by atoms with Crippen LogP contribution in [0.3, 0.4) is 0 Å². The molecule has 0 radical (unpaired) electrons. The Bertz CT molecular complexity index is 282. The highest BCUT2D eigenvalue weighted by molar-refractivity contribution is 5.75. The molecule has 2 amide bonds. The predicted octanol–water partition coefficient (Wildman–Crippen LogP) is -1.63. The normalized spacial score (nSPS) is 33.5. The van der Waals surface area contributed by atoms with Gasteiger partial charge in [-0.3, -0.25) is 9.59 Å². The van der Waals surface area contributed by atoms with Gasteiger partial charge < -0.3 is 20.8 Å². The molecule has 0 bridgehead atoms. The number of carbonyl (C=O) groups excluding carboxylic acids is 2. The average Bonchev–Trinajstić information content (AvgIpc) is 2.44. The van der Waals surface area contributed by atoms with E-state index in [0.29, 0.717) is 6.42 Å². The van der Waals surface area contributed by atoms with Crippen molar-refractivity contribution in [3.63, 3.8) is 0 Å². The van der Waals surface area contributed by atoms with Gasteiger partial charge in [0.2, 0.25) is 11.8 Å². The SMILES string of the molecule is CC(=O)N[C@H]1[C@H](O)[C@H](CO)C[C@@H]1NC(C)=O. The summed E-state index contributed by atoms with van der Waals surface area (Å²) in [4.78, 5) is 21.9. The molecule has 1 rings (SSSR count). The summed E-state index contributed by atoms with van der Waals surface area (Å²) < 4.78 is 0. The zero-order chi connectivity index (χ0) is 12.3. The summed E-state index contributed by atoms with van der Waals surface area (Å²) in [6, 6.07) is -0.855. The highest BCUT2D eigenvalue weighted by Gasteiger charge is 2.42. The van der Waals surface area contributed by atoms with Gasteiger partial charge in [-0.25, -0.2) is 0 Å². The molecule has 0 aromatic carbocycles. The molecule has 0 aromatic heterocycles. The molecular formula is C10H18N2O4. The van der Waals surface area contributed by atoms with Crippen LogP contribution in [0.1, 0.15) is 20.3 Å². The van der Waals surface area contributed by atoms with E-state index < -0.39 is 12.1 Å². The Labute approximate surface area is 94.0 Å². The van der Waals surface area contributed by atoms with Crippen molar-refractivity contribution >= 4 is 11.8 Å². The topological polar surface area (TPSA) is 98.7 Å². The van der Waals surface area contributed by atoms with Gasteiger partial charge in [-0.15, -0.1) is 0 Å². The maximum atomic E-state index is 11.0. The quantitative estimate of drug-likeness (QED) is 0.468. The number of hydrogen-bond acceptors (Lipinski definition) is 4. The first kappa shape index (κ1) is 12.9. The van der Waals surface area contributed by atoms with Crippen LogP contribution in [0.5, 0.6) is 0 Å². The lowest BCUT2D eigenvalue weighted by Gasteiger charge is -2.23. The summed E-state index contributed by atoms with van der Waals surface area (Å²) in [6.07, 6.45) is -0.368. The fraction of sp³-hybridized carbons (Fsp3) is 0.800. The Balaban J connectivity index is 2.72. The highest BCUT2D eigenvalue weighted by Crippen LogP contribution is 2.26. The van der Waals surface area contributed by atoms with Crippen molar-refractivity contribution in [1.82, 2.24) is 10.6 Å². The van der Waals surface area contributed by atoms with Crippen LogP contribution in [-0.4, -0.2) is 46.8 Å². The van der Waals surface area contributed by atoms with Crippen LogP contribution < -0.4 is 10.6 Å². The minimum Gasteiger partial charge on any atom is -0.396 e. The third-order valence-corrected chi connectivity index (χ3v) is 2.83. The van der Waals surface area contributed by atoms with Crippen molar-refractivity contribution in [2.24, 2.45) is 5.92 Å². The second kappa shape index (κ2) is 5.27. The van der Waals surface area contributed by atoms with E-state index >= 15 is 0 Å². The van der Waals surface area contributed by atoms with Crippen LogP contribution in [0.2, 0.25) is 0 Å². The minimum absolute atomic E-state index is 0.159. The van der Waals surface area contributed by atoms with E-state index in [1.165, 1.54) is 13.8 Å². The molecule has 4 N–H and O–H groups in total. The predicted molar refractivity (Wildman–Crippen MR) is 56.4 cm³/mol. The standard InChI is InChI=1S/C10H18N2O4/c1-5(14)11-8-3-7(4-13)10(16)9(8)12-6(2)15/h7-10,13,16H,3-4H2,1-2H3,(H,11,14)(H,12,15)/t7-,8-,9+,10+/m0/s1. The molecule has 1 aliphatic rings. The summed E-state index contributed by atoms with van der Waals surface area (Å²) in [5.74, 6) is -0.794. The Morgan fingerprint density at radius 1 is 1.25 bits per heavy atom. The van der Waals surface area contributed by atoms with Gasteiger partial charge in [0, 0.05) is 26.4 Å². The van der Waals surface area contributed by atoms with Crippen LogP contribution in [0, 0.1) is 5.92 Å². The minimum atomic E-state index is -0.828. The van der Waals surface area contributed by atoms with E-state index in [9.17, 15) is 14.7 Å². The van der Waals surface area contributed by atoms with Gasteiger partial charge in [0.25, 0.3) is 0 Å². The molecule has 1 aliphatic carbocycles. The van der Waals surface area contributed by atoms with Crippen LogP contribution in [-0.2, 0) is 9.59 Å². The first-order chi connectivity index (χ1) is 7.45. The van der Waals surface area contributed by atoms with E-state index in [1.807, 2.05) is 0 Å². The monoisotopic (exact) mass is 230 g/mol. The van der Waals surface area contributed by atoms with Gasteiger partial charge in [0.15, 0.2) is 0 Å². The van der Waals surface area contributed by atoms with E-state index in [4.69, 9.17) is 5.11 Å². The van der Waals surface area contributed by atoms with Gasteiger partial charge in [-0.1, -0.05) is 0 Å². The molecular weight excluding hydrogens is 212 g/mol. The number of carbonyl (C=O) groups is 2. The van der Waals surface area contributed by atoms with E-state index in [0.717, 1.165) is 0 Å². The third kappa shape index (κ3) is 2.93. The zero-order valence-corrected chi connectivity index (χ0v) is 9.43. The zero-order valence-electron chi connectivity index (χ0n) is 9.43. The molecule has 6 nitrogen and oxygen atoms in total. The lowest BCUT2D eigenvalue weighted by molar-refractivity contribution is -0.122. The van der Waals surface area contributed by atoms with Gasteiger partial charge in [-0.2, -0.15) is 0 Å². The molecule has 16 heavy (non-hydrogen) atoms. The summed E-state index contributed by atoms with van der Waals surface area (Å²) in [7, 11) is 0. The van der Waals surface area contributed by atoms with Crippen molar-refractivity contribution in [3.8, 4) is 0 Å². The van der Waals surface area contributed by atoms with Crippen molar-refractivity contribution in [2.45, 2.75) is 38.5 Å². The Morgan fingerprint density at radius 3 is 2.25 bits per heavy atom. The number of hydrogen-bond donors (Lipinski definition) is 4. The smallest absolute Gasteiger partial charge is 0.217 e. The number of amides is 2. The lowest BCUT2D eigenvalue weighted by atomic mass is 10.1. The molecule has 0 unspecified atom stereocenters. The van der Waals surface area contributed by atoms with Crippen molar-refractivity contribution < 1.29 is 19.8 Å². The van der Waals surface area contributed by atoms with Crippen LogP contribution in [0.25, 0.3) is 0 Å². The largest absolute Gasteiger partial charge is 0.396 e. The van der Waals surface area contributed by atoms with Gasteiger partial charge in [0.1, 0.15) is 0 Å². The summed E-state index contributed by atoms with van der Waals surface area (Å²) in [5.41, 5.74) is 0. The molecule has 1 saturated carbocycles. The number of nitrogens with one attached hydrogen (secondary N) is 2. The number of aliphatic hydroxyl groups is 2. The maximum Gasteiger partial charge on any atom is 0.217 e. The molecule has 0 heterocycles. The fourth-order valence-electron chi connectivity index (χ4n) is 2.16. The Kier molecular flexibility index (Phi) is 4.26. The Hall–Kier alpha value is -1.14. The molecule has 0 aliphatic heterocycles. The Morgan fingerprint density at radius 2 is 1.81 bits per heavy atom. The van der Waals surface area contributed by atoms with Crippen molar-refractivity contribution in [2.75, 3.05) is 6.61 Å². The molecule has 4 atom stereocenters. The summed E-state index contributed by atoms with van der Waals surface area (Å²) in [5, 5.41) is 24.2.